The van der Waals surface area contributed by atoms with Gasteiger partial charge in [-0.2, -0.15) is 0 Å². The predicted octanol–water partition coefficient (Wildman–Crippen LogP) is 1.07. The molecule has 1 aromatic rings. The Hall–Kier alpha value is -2.31. The molecule has 1 unspecified atom stereocenters. The Bertz CT molecular complexity index is 605. The van der Waals surface area contributed by atoms with Crippen molar-refractivity contribution in [3.05, 3.63) is 23.5 Å². The zero-order valence-corrected chi connectivity index (χ0v) is 11.9. The van der Waals surface area contributed by atoms with Gasteiger partial charge in [-0.3, -0.25) is 4.79 Å². The van der Waals surface area contributed by atoms with Crippen molar-refractivity contribution in [3.63, 3.8) is 0 Å². The van der Waals surface area contributed by atoms with Gasteiger partial charge < -0.3 is 21.1 Å². The maximum atomic E-state index is 13.8. The van der Waals surface area contributed by atoms with Crippen LogP contribution in [0.4, 0.5) is 15.8 Å². The van der Waals surface area contributed by atoms with E-state index in [1.165, 1.54) is 0 Å². The molecule has 1 atom stereocenters. The Morgan fingerprint density at radius 1 is 1.48 bits per heavy atom. The number of carboxylic acid groups (broad SMARTS) is 1. The van der Waals surface area contributed by atoms with E-state index in [-0.39, 0.29) is 11.6 Å². The number of carboxylic acids is 1. The Kier molecular flexibility index (Phi) is 3.76. The van der Waals surface area contributed by atoms with Crippen molar-refractivity contribution < 1.29 is 19.1 Å². The molecule has 1 fully saturated rings. The highest BCUT2D eigenvalue weighted by Gasteiger charge is 2.40. The molecule has 1 saturated heterocycles. The van der Waals surface area contributed by atoms with Crippen LogP contribution < -0.4 is 16.0 Å². The number of nitrogens with zero attached hydrogens (tertiary/aromatic N) is 1. The summed E-state index contributed by atoms with van der Waals surface area (Å²) in [5.41, 5.74) is 5.42. The lowest BCUT2D eigenvalue weighted by atomic mass is 9.89. The van der Waals surface area contributed by atoms with E-state index in [4.69, 9.17) is 10.8 Å². The molecule has 0 aromatic heterocycles. The van der Waals surface area contributed by atoms with Gasteiger partial charge in [0.15, 0.2) is 0 Å². The van der Waals surface area contributed by atoms with Crippen LogP contribution in [0.5, 0.6) is 0 Å². The largest absolute Gasteiger partial charge is 0.478 e. The lowest BCUT2D eigenvalue weighted by Gasteiger charge is -2.25. The summed E-state index contributed by atoms with van der Waals surface area (Å²) in [5, 5.41) is 11.5. The number of hydrogen-bond acceptors (Lipinski definition) is 4. The monoisotopic (exact) mass is 295 g/mol. The Morgan fingerprint density at radius 3 is 2.71 bits per heavy atom. The van der Waals surface area contributed by atoms with E-state index in [0.717, 1.165) is 12.1 Å². The minimum atomic E-state index is -1.36. The molecule has 21 heavy (non-hydrogen) atoms. The summed E-state index contributed by atoms with van der Waals surface area (Å²) in [7, 11) is 1.58. The van der Waals surface area contributed by atoms with Gasteiger partial charge in [0.25, 0.3) is 0 Å². The minimum absolute atomic E-state index is 0.0776. The van der Waals surface area contributed by atoms with Crippen molar-refractivity contribution in [1.82, 2.24) is 5.32 Å². The van der Waals surface area contributed by atoms with Crippen molar-refractivity contribution in [2.24, 2.45) is 5.41 Å². The summed E-state index contributed by atoms with van der Waals surface area (Å²) >= 11 is 0. The van der Waals surface area contributed by atoms with E-state index in [0.29, 0.717) is 25.2 Å². The molecule has 0 saturated carbocycles. The third-order valence-corrected chi connectivity index (χ3v) is 3.94. The van der Waals surface area contributed by atoms with Crippen LogP contribution in [0, 0.1) is 11.2 Å². The smallest absolute Gasteiger partial charge is 0.338 e. The van der Waals surface area contributed by atoms with Crippen LogP contribution in [0.1, 0.15) is 23.7 Å². The van der Waals surface area contributed by atoms with Gasteiger partial charge in [0.1, 0.15) is 5.82 Å². The highest BCUT2D eigenvalue weighted by atomic mass is 19.1. The number of anilines is 2. The normalized spacial score (nSPS) is 21.4. The average Bonchev–Trinajstić information content (AvgIpc) is 2.83. The average molecular weight is 295 g/mol. The van der Waals surface area contributed by atoms with Crippen molar-refractivity contribution in [2.75, 3.05) is 30.8 Å². The molecule has 0 radical (unpaired) electrons. The van der Waals surface area contributed by atoms with Crippen LogP contribution in [-0.4, -0.2) is 37.1 Å². The van der Waals surface area contributed by atoms with Gasteiger partial charge in [-0.15, -0.1) is 0 Å². The number of carbonyl (C=O) groups is 2. The first kappa shape index (κ1) is 15.1. The molecule has 0 bridgehead atoms. The Labute approximate surface area is 121 Å². The number of nitrogen functional groups attached to an aromatic ring is 1. The minimum Gasteiger partial charge on any atom is -0.478 e. The second-order valence-electron chi connectivity index (χ2n) is 5.51. The van der Waals surface area contributed by atoms with Gasteiger partial charge in [0, 0.05) is 26.2 Å². The lowest BCUT2D eigenvalue weighted by Crippen LogP contribution is -2.39. The quantitative estimate of drug-likeness (QED) is 0.725. The first-order valence-corrected chi connectivity index (χ1v) is 6.58. The van der Waals surface area contributed by atoms with Crippen molar-refractivity contribution >= 4 is 23.3 Å². The number of nitrogens with two attached hydrogens (primary N) is 1. The summed E-state index contributed by atoms with van der Waals surface area (Å²) in [5.74, 6) is -2.27. The van der Waals surface area contributed by atoms with Crippen molar-refractivity contribution in [3.8, 4) is 0 Å². The van der Waals surface area contributed by atoms with Crippen molar-refractivity contribution in [2.45, 2.75) is 13.3 Å². The fourth-order valence-electron chi connectivity index (χ4n) is 2.67. The van der Waals surface area contributed by atoms with Crippen LogP contribution in [0.15, 0.2) is 12.1 Å². The zero-order chi connectivity index (χ0) is 15.8. The zero-order valence-electron chi connectivity index (χ0n) is 11.9. The van der Waals surface area contributed by atoms with E-state index < -0.39 is 22.8 Å². The standard InChI is InChI=1S/C14H18FN3O3/c1-14(13(21)17-2)3-4-18(7-14)11-6-9(15)8(12(19)20)5-10(11)16/h5-6H,3-4,7,16H2,1-2H3,(H,17,21)(H,19,20). The number of benzene rings is 1. The second kappa shape index (κ2) is 5.23. The number of rotatable bonds is 3. The first-order valence-electron chi connectivity index (χ1n) is 6.58. The molecule has 1 amide bonds. The van der Waals surface area contributed by atoms with Crippen LogP contribution in [-0.2, 0) is 4.79 Å². The second-order valence-corrected chi connectivity index (χ2v) is 5.51. The van der Waals surface area contributed by atoms with E-state index in [1.54, 1.807) is 11.9 Å². The molecule has 1 aromatic carbocycles. The molecular weight excluding hydrogens is 277 g/mol. The summed E-state index contributed by atoms with van der Waals surface area (Å²) in [6.45, 7) is 2.80. The topological polar surface area (TPSA) is 95.7 Å². The maximum absolute atomic E-state index is 13.8. The van der Waals surface area contributed by atoms with Gasteiger partial charge in [0.2, 0.25) is 5.91 Å². The van der Waals surface area contributed by atoms with E-state index >= 15 is 0 Å². The van der Waals surface area contributed by atoms with Gasteiger partial charge in [-0.05, 0) is 19.4 Å². The van der Waals surface area contributed by atoms with Gasteiger partial charge in [-0.25, -0.2) is 9.18 Å². The highest BCUT2D eigenvalue weighted by molar-refractivity contribution is 5.91. The van der Waals surface area contributed by atoms with Crippen LogP contribution in [0.3, 0.4) is 0 Å². The summed E-state index contributed by atoms with van der Waals surface area (Å²) in [4.78, 5) is 24.6. The Morgan fingerprint density at radius 2 is 2.14 bits per heavy atom. The molecule has 1 aliphatic rings. The lowest BCUT2D eigenvalue weighted by molar-refractivity contribution is -0.128. The molecule has 1 heterocycles. The molecule has 1 aliphatic heterocycles. The summed E-state index contributed by atoms with van der Waals surface area (Å²) < 4.78 is 13.8. The summed E-state index contributed by atoms with van der Waals surface area (Å²) in [6.07, 6.45) is 0.619. The van der Waals surface area contributed by atoms with Crippen molar-refractivity contribution in [1.29, 1.82) is 0 Å². The fourth-order valence-corrected chi connectivity index (χ4v) is 2.67. The third-order valence-electron chi connectivity index (χ3n) is 3.94. The van der Waals surface area contributed by atoms with E-state index in [9.17, 15) is 14.0 Å². The van der Waals surface area contributed by atoms with Crippen LogP contribution in [0.2, 0.25) is 0 Å². The molecule has 0 spiro atoms. The number of hydrogen-bond donors (Lipinski definition) is 3. The molecule has 7 heteroatoms. The van der Waals surface area contributed by atoms with Gasteiger partial charge in [0.05, 0.1) is 22.4 Å². The number of halogens is 1. The third kappa shape index (κ3) is 2.63. The Balaban J connectivity index is 2.31. The molecule has 4 N–H and O–H groups in total. The fraction of sp³-hybridized carbons (Fsp3) is 0.429. The number of aromatic carboxylic acids is 1. The molecule has 0 aliphatic carbocycles. The SMILES string of the molecule is CNC(=O)C1(C)CCN(c2cc(F)c(C(=O)O)cc2N)C1. The van der Waals surface area contributed by atoms with Gasteiger partial charge in [-0.1, -0.05) is 0 Å². The highest BCUT2D eigenvalue weighted by Crippen LogP contribution is 2.36. The molecule has 6 nitrogen and oxygen atoms in total. The van der Waals surface area contributed by atoms with E-state index in [1.807, 2.05) is 6.92 Å². The van der Waals surface area contributed by atoms with Crippen LogP contribution in [0.25, 0.3) is 0 Å². The summed E-state index contributed by atoms with van der Waals surface area (Å²) in [6, 6.07) is 2.23. The first-order chi connectivity index (χ1) is 9.78. The number of carbonyl (C=O) groups excluding carboxylic acids is 1. The number of nitrogens with one attached hydrogen (secondary N) is 1. The van der Waals surface area contributed by atoms with E-state index in [2.05, 4.69) is 5.32 Å². The molecular formula is C14H18FN3O3. The molecule has 114 valence electrons. The van der Waals surface area contributed by atoms with Crippen LogP contribution >= 0.6 is 0 Å². The maximum Gasteiger partial charge on any atom is 0.338 e. The molecule has 2 rings (SSSR count). The predicted molar refractivity (Wildman–Crippen MR) is 76.8 cm³/mol. The number of amides is 1. The van der Waals surface area contributed by atoms with Gasteiger partial charge >= 0.3 is 5.97 Å².